The first-order valence-corrected chi connectivity index (χ1v) is 7.08. The smallest absolute Gasteiger partial charge is 0.311 e. The highest BCUT2D eigenvalue weighted by molar-refractivity contribution is 5.48. The molecule has 5 nitrogen and oxygen atoms in total. The largest absolute Gasteiger partial charge is 0.490 e. The number of nitrogens with one attached hydrogen (secondary N) is 1. The highest BCUT2D eigenvalue weighted by Gasteiger charge is 2.16. The molecule has 0 aliphatic carbocycles. The first-order chi connectivity index (χ1) is 9.53. The summed E-state index contributed by atoms with van der Waals surface area (Å²) in [7, 11) is 1.44. The molecule has 112 valence electrons. The van der Waals surface area contributed by atoms with E-state index in [-0.39, 0.29) is 5.69 Å². The van der Waals surface area contributed by atoms with Gasteiger partial charge in [0, 0.05) is 18.7 Å². The Morgan fingerprint density at radius 3 is 2.50 bits per heavy atom. The third-order valence-electron chi connectivity index (χ3n) is 3.82. The number of hydrogen-bond donors (Lipinski definition) is 1. The van der Waals surface area contributed by atoms with Crippen LogP contribution in [0.4, 0.5) is 5.69 Å². The van der Waals surface area contributed by atoms with Crippen LogP contribution in [0.25, 0.3) is 0 Å². The lowest BCUT2D eigenvalue weighted by Crippen LogP contribution is -2.32. The fraction of sp³-hybridized carbons (Fsp3) is 0.600. The fourth-order valence-corrected chi connectivity index (χ4v) is 2.43. The normalized spacial score (nSPS) is 12.4. The Morgan fingerprint density at radius 2 is 2.00 bits per heavy atom. The number of rotatable bonds is 8. The molecule has 0 heterocycles. The van der Waals surface area contributed by atoms with E-state index in [4.69, 9.17) is 4.74 Å². The van der Waals surface area contributed by atoms with Crippen LogP contribution in [0.3, 0.4) is 0 Å². The predicted molar refractivity (Wildman–Crippen MR) is 80.0 cm³/mol. The maximum Gasteiger partial charge on any atom is 0.311 e. The van der Waals surface area contributed by atoms with Crippen molar-refractivity contribution in [3.05, 3.63) is 33.9 Å². The second-order valence-electron chi connectivity index (χ2n) is 5.01. The van der Waals surface area contributed by atoms with Gasteiger partial charge in [-0.05, 0) is 24.5 Å². The van der Waals surface area contributed by atoms with Crippen LogP contribution < -0.4 is 10.1 Å². The third kappa shape index (κ3) is 4.20. The van der Waals surface area contributed by atoms with Crippen LogP contribution in [-0.4, -0.2) is 18.1 Å². The molecule has 1 unspecified atom stereocenters. The minimum Gasteiger partial charge on any atom is -0.490 e. The van der Waals surface area contributed by atoms with E-state index in [1.807, 2.05) is 6.07 Å². The third-order valence-corrected chi connectivity index (χ3v) is 3.82. The molecule has 0 aromatic heterocycles. The molecule has 1 aromatic carbocycles. The lowest BCUT2D eigenvalue weighted by atomic mass is 9.95. The molecule has 0 bridgehead atoms. The number of hydrogen-bond acceptors (Lipinski definition) is 4. The summed E-state index contributed by atoms with van der Waals surface area (Å²) < 4.78 is 5.00. The lowest BCUT2D eigenvalue weighted by molar-refractivity contribution is -0.385. The molecule has 5 heteroatoms. The van der Waals surface area contributed by atoms with E-state index in [2.05, 4.69) is 26.1 Å². The monoisotopic (exact) mass is 280 g/mol. The summed E-state index contributed by atoms with van der Waals surface area (Å²) in [5.41, 5.74) is 0.914. The molecule has 0 radical (unpaired) electrons. The van der Waals surface area contributed by atoms with Gasteiger partial charge in [-0.25, -0.2) is 0 Å². The highest BCUT2D eigenvalue weighted by Crippen LogP contribution is 2.27. The van der Waals surface area contributed by atoms with E-state index in [1.54, 1.807) is 12.1 Å². The van der Waals surface area contributed by atoms with Crippen LogP contribution in [0.1, 0.15) is 39.2 Å². The summed E-state index contributed by atoms with van der Waals surface area (Å²) in [5.74, 6) is 0.926. The molecule has 1 aromatic rings. The van der Waals surface area contributed by atoms with E-state index in [0.29, 0.717) is 24.3 Å². The minimum absolute atomic E-state index is 0.0157. The number of nitro benzene ring substituents is 1. The molecule has 0 saturated carbocycles. The summed E-state index contributed by atoms with van der Waals surface area (Å²) in [6.45, 7) is 7.16. The molecule has 1 rings (SSSR count). The molecule has 20 heavy (non-hydrogen) atoms. The quantitative estimate of drug-likeness (QED) is 0.584. The highest BCUT2D eigenvalue weighted by atomic mass is 16.6. The van der Waals surface area contributed by atoms with Crippen molar-refractivity contribution in [3.8, 4) is 5.75 Å². The average Bonchev–Trinajstić information content (AvgIpc) is 2.46. The Balaban J connectivity index is 2.74. The van der Waals surface area contributed by atoms with E-state index < -0.39 is 4.92 Å². The van der Waals surface area contributed by atoms with E-state index in [1.165, 1.54) is 7.11 Å². The molecule has 1 atom stereocenters. The van der Waals surface area contributed by atoms with E-state index >= 15 is 0 Å². The Bertz CT molecular complexity index is 445. The molecular weight excluding hydrogens is 256 g/mol. The summed E-state index contributed by atoms with van der Waals surface area (Å²) in [4.78, 5) is 10.6. The zero-order valence-corrected chi connectivity index (χ0v) is 12.7. The Morgan fingerprint density at radius 1 is 1.35 bits per heavy atom. The number of benzene rings is 1. The summed E-state index contributed by atoms with van der Waals surface area (Å²) in [6, 6.07) is 5.48. The van der Waals surface area contributed by atoms with Crippen molar-refractivity contribution in [1.29, 1.82) is 0 Å². The van der Waals surface area contributed by atoms with Gasteiger partial charge in [-0.3, -0.25) is 10.1 Å². The second-order valence-corrected chi connectivity index (χ2v) is 5.01. The molecule has 0 saturated heterocycles. The number of nitrogens with zero attached hydrogens (tertiary/aromatic N) is 1. The Labute approximate surface area is 120 Å². The molecule has 0 fully saturated rings. The fourth-order valence-electron chi connectivity index (χ4n) is 2.43. The number of ether oxygens (including phenoxy) is 1. The van der Waals surface area contributed by atoms with Gasteiger partial charge in [0.2, 0.25) is 0 Å². The molecular formula is C15H24N2O3. The van der Waals surface area contributed by atoms with Crippen molar-refractivity contribution in [1.82, 2.24) is 5.32 Å². The second kappa shape index (κ2) is 7.85. The van der Waals surface area contributed by atoms with Crippen LogP contribution >= 0.6 is 0 Å². The van der Waals surface area contributed by atoms with Gasteiger partial charge in [-0.2, -0.15) is 0 Å². The standard InChI is InChI=1S/C15H24N2O3/c1-5-13(6-2)11(3)16-10-12-7-8-15(20-4)14(9-12)17(18)19/h7-9,11,13,16H,5-6,10H2,1-4H3. The summed E-state index contributed by atoms with van der Waals surface area (Å²) >= 11 is 0. The van der Waals surface area contributed by atoms with Crippen LogP contribution in [0, 0.1) is 16.0 Å². The number of methoxy groups -OCH3 is 1. The topological polar surface area (TPSA) is 64.4 Å². The van der Waals surface area contributed by atoms with Gasteiger partial charge in [0.05, 0.1) is 12.0 Å². The van der Waals surface area contributed by atoms with E-state index in [0.717, 1.165) is 18.4 Å². The van der Waals surface area contributed by atoms with Crippen molar-refractivity contribution in [2.75, 3.05) is 7.11 Å². The van der Waals surface area contributed by atoms with Crippen molar-refractivity contribution in [2.24, 2.45) is 5.92 Å². The SMILES string of the molecule is CCC(CC)C(C)NCc1ccc(OC)c([N+](=O)[O-])c1. The predicted octanol–water partition coefficient (Wildman–Crippen LogP) is 3.52. The first kappa shape index (κ1) is 16.4. The average molecular weight is 280 g/mol. The first-order valence-electron chi connectivity index (χ1n) is 7.08. The Hall–Kier alpha value is -1.62. The Kier molecular flexibility index (Phi) is 6.45. The van der Waals surface area contributed by atoms with Crippen LogP contribution in [0.2, 0.25) is 0 Å². The van der Waals surface area contributed by atoms with Crippen molar-refractivity contribution < 1.29 is 9.66 Å². The molecule has 0 aliphatic heterocycles. The lowest BCUT2D eigenvalue weighted by Gasteiger charge is -2.22. The maximum absolute atomic E-state index is 11.0. The van der Waals surface area contributed by atoms with Gasteiger partial charge in [0.15, 0.2) is 5.75 Å². The van der Waals surface area contributed by atoms with Crippen molar-refractivity contribution in [3.63, 3.8) is 0 Å². The van der Waals surface area contributed by atoms with Gasteiger partial charge >= 0.3 is 5.69 Å². The van der Waals surface area contributed by atoms with Gasteiger partial charge in [-0.15, -0.1) is 0 Å². The van der Waals surface area contributed by atoms with Gasteiger partial charge in [0.25, 0.3) is 0 Å². The van der Waals surface area contributed by atoms with E-state index in [9.17, 15) is 10.1 Å². The van der Waals surface area contributed by atoms with Crippen LogP contribution in [0.5, 0.6) is 5.75 Å². The number of nitro groups is 1. The zero-order chi connectivity index (χ0) is 15.1. The van der Waals surface area contributed by atoms with Crippen molar-refractivity contribution in [2.45, 2.75) is 46.2 Å². The summed E-state index contributed by atoms with van der Waals surface area (Å²) in [6.07, 6.45) is 2.26. The molecule has 0 aliphatic rings. The van der Waals surface area contributed by atoms with Gasteiger partial charge in [-0.1, -0.05) is 32.8 Å². The zero-order valence-electron chi connectivity index (χ0n) is 12.7. The molecule has 0 amide bonds. The minimum atomic E-state index is -0.410. The summed E-state index contributed by atoms with van der Waals surface area (Å²) in [5, 5.41) is 14.4. The van der Waals surface area contributed by atoms with Gasteiger partial charge in [0.1, 0.15) is 0 Å². The van der Waals surface area contributed by atoms with Crippen LogP contribution in [0.15, 0.2) is 18.2 Å². The van der Waals surface area contributed by atoms with Crippen molar-refractivity contribution >= 4 is 5.69 Å². The van der Waals surface area contributed by atoms with Crippen LogP contribution in [-0.2, 0) is 6.54 Å². The molecule has 0 spiro atoms. The van der Waals surface area contributed by atoms with Gasteiger partial charge < -0.3 is 10.1 Å². The molecule has 1 N–H and O–H groups in total. The maximum atomic E-state index is 11.0.